The van der Waals surface area contributed by atoms with Crippen LogP contribution in [0, 0.1) is 11.8 Å². The van der Waals surface area contributed by atoms with Gasteiger partial charge in [0, 0.05) is 12.8 Å². The molecule has 0 saturated heterocycles. The molecule has 0 aliphatic carbocycles. The highest BCUT2D eigenvalue weighted by Gasteiger charge is 2.05. The molecule has 0 radical (unpaired) electrons. The number of esters is 1. The second-order valence-electron chi connectivity index (χ2n) is 5.70. The van der Waals surface area contributed by atoms with Crippen molar-refractivity contribution in [1.29, 1.82) is 0 Å². The maximum Gasteiger partial charge on any atom is 0.305 e. The van der Waals surface area contributed by atoms with E-state index in [-0.39, 0.29) is 12.1 Å². The monoisotopic (exact) mass is 312 g/mol. The molecule has 0 aromatic carbocycles. The van der Waals surface area contributed by atoms with E-state index in [9.17, 15) is 15.0 Å². The van der Waals surface area contributed by atoms with Gasteiger partial charge in [-0.05, 0) is 38.5 Å². The Morgan fingerprint density at radius 1 is 1.05 bits per heavy atom. The Balaban J connectivity index is 3.52. The molecule has 0 rings (SSSR count). The van der Waals surface area contributed by atoms with Crippen molar-refractivity contribution in [1.82, 2.24) is 0 Å². The van der Waals surface area contributed by atoms with Gasteiger partial charge in [0.2, 0.25) is 0 Å². The maximum absolute atomic E-state index is 10.9. The lowest BCUT2D eigenvalue weighted by atomic mass is 10.0. The summed E-state index contributed by atoms with van der Waals surface area (Å²) in [7, 11) is 1.39. The molecule has 2 N–H and O–H groups in total. The largest absolute Gasteiger partial charge is 0.469 e. The minimum atomic E-state index is -0.505. The van der Waals surface area contributed by atoms with Crippen molar-refractivity contribution < 1.29 is 19.7 Å². The first-order valence-electron chi connectivity index (χ1n) is 8.51. The van der Waals surface area contributed by atoms with Crippen molar-refractivity contribution in [2.75, 3.05) is 7.11 Å². The number of hydrogen-bond acceptors (Lipinski definition) is 4. The number of ether oxygens (including phenoxy) is 1. The summed E-state index contributed by atoms with van der Waals surface area (Å²) < 4.78 is 4.56. The van der Waals surface area contributed by atoms with E-state index < -0.39 is 6.10 Å². The summed E-state index contributed by atoms with van der Waals surface area (Å²) in [4.78, 5) is 10.9. The second kappa shape index (κ2) is 14.9. The summed E-state index contributed by atoms with van der Waals surface area (Å²) in [6.07, 6.45) is 8.23. The molecule has 4 heteroatoms. The van der Waals surface area contributed by atoms with Crippen LogP contribution in [0.15, 0.2) is 0 Å². The molecule has 128 valence electrons. The van der Waals surface area contributed by atoms with Gasteiger partial charge in [-0.3, -0.25) is 4.79 Å². The highest BCUT2D eigenvalue weighted by Crippen LogP contribution is 2.10. The summed E-state index contributed by atoms with van der Waals surface area (Å²) in [5, 5.41) is 19.4. The highest BCUT2D eigenvalue weighted by atomic mass is 16.5. The zero-order valence-electron chi connectivity index (χ0n) is 14.1. The highest BCUT2D eigenvalue weighted by molar-refractivity contribution is 5.68. The quantitative estimate of drug-likeness (QED) is 0.330. The molecule has 0 saturated carbocycles. The molecule has 0 heterocycles. The van der Waals surface area contributed by atoms with Crippen LogP contribution in [-0.4, -0.2) is 35.5 Å². The zero-order chi connectivity index (χ0) is 16.6. The van der Waals surface area contributed by atoms with Crippen LogP contribution in [0.25, 0.3) is 0 Å². The van der Waals surface area contributed by atoms with Gasteiger partial charge in [-0.25, -0.2) is 0 Å². The number of carbonyl (C=O) groups is 1. The Bertz CT molecular complexity index is 330. The van der Waals surface area contributed by atoms with E-state index in [1.807, 2.05) is 0 Å². The van der Waals surface area contributed by atoms with Crippen molar-refractivity contribution in [2.45, 2.75) is 89.8 Å². The fraction of sp³-hybridized carbons (Fsp3) is 0.833. The fourth-order valence-corrected chi connectivity index (χ4v) is 2.17. The molecule has 0 spiro atoms. The summed E-state index contributed by atoms with van der Waals surface area (Å²) >= 11 is 0. The van der Waals surface area contributed by atoms with Crippen LogP contribution >= 0.6 is 0 Å². The van der Waals surface area contributed by atoms with Gasteiger partial charge in [-0.15, -0.1) is 5.92 Å². The molecule has 0 amide bonds. The lowest BCUT2D eigenvalue weighted by Gasteiger charge is -2.08. The van der Waals surface area contributed by atoms with E-state index in [1.165, 1.54) is 7.11 Å². The van der Waals surface area contributed by atoms with Gasteiger partial charge < -0.3 is 14.9 Å². The van der Waals surface area contributed by atoms with Gasteiger partial charge in [-0.2, -0.15) is 0 Å². The van der Waals surface area contributed by atoms with Crippen LogP contribution in [0.1, 0.15) is 77.6 Å². The lowest BCUT2D eigenvalue weighted by molar-refractivity contribution is -0.140. The van der Waals surface area contributed by atoms with E-state index in [4.69, 9.17) is 0 Å². The number of hydrogen-bond donors (Lipinski definition) is 2. The zero-order valence-corrected chi connectivity index (χ0v) is 14.1. The number of aliphatic hydroxyl groups excluding tert-OH is 2. The van der Waals surface area contributed by atoms with Crippen LogP contribution in [-0.2, 0) is 9.53 Å². The molecule has 0 aliphatic heterocycles. The third kappa shape index (κ3) is 13.9. The summed E-state index contributed by atoms with van der Waals surface area (Å²) in [5.41, 5.74) is 0. The first kappa shape index (κ1) is 20.9. The van der Waals surface area contributed by atoms with Crippen LogP contribution in [0.5, 0.6) is 0 Å². The summed E-state index contributed by atoms with van der Waals surface area (Å²) in [6, 6.07) is 0. The average molecular weight is 312 g/mol. The molecular weight excluding hydrogens is 280 g/mol. The van der Waals surface area contributed by atoms with Crippen molar-refractivity contribution in [3.05, 3.63) is 0 Å². The van der Waals surface area contributed by atoms with Gasteiger partial charge in [0.05, 0.1) is 13.2 Å². The number of methoxy groups -OCH3 is 1. The average Bonchev–Trinajstić information content (AvgIpc) is 2.51. The molecule has 0 fully saturated rings. The predicted molar refractivity (Wildman–Crippen MR) is 88.3 cm³/mol. The van der Waals surface area contributed by atoms with Crippen LogP contribution in [0.4, 0.5) is 0 Å². The van der Waals surface area contributed by atoms with Crippen LogP contribution < -0.4 is 0 Å². The van der Waals surface area contributed by atoms with Gasteiger partial charge in [-0.1, -0.05) is 32.1 Å². The van der Waals surface area contributed by atoms with Gasteiger partial charge in [0.1, 0.15) is 6.10 Å². The Morgan fingerprint density at radius 3 is 2.41 bits per heavy atom. The standard InChI is InChI=1S/C18H32O4/c1-3-4-6-11-16(19)12-7-5-8-13-17(20)14-9-10-15-18(21)22-2/h16-17,19-20H,3-6,8-11,13-15H2,1-2H3. The Kier molecular flexibility index (Phi) is 14.2. The normalized spacial score (nSPS) is 13.1. The number of rotatable bonds is 12. The molecule has 4 nitrogen and oxygen atoms in total. The molecular formula is C18H32O4. The Labute approximate surface area is 135 Å². The van der Waals surface area contributed by atoms with Crippen LogP contribution in [0.3, 0.4) is 0 Å². The topological polar surface area (TPSA) is 66.8 Å². The van der Waals surface area contributed by atoms with E-state index in [1.54, 1.807) is 0 Å². The number of aliphatic hydroxyl groups is 2. The fourth-order valence-electron chi connectivity index (χ4n) is 2.17. The molecule has 0 aliphatic rings. The van der Waals surface area contributed by atoms with Gasteiger partial charge >= 0.3 is 5.97 Å². The minimum absolute atomic E-state index is 0.192. The van der Waals surface area contributed by atoms with Crippen molar-refractivity contribution >= 4 is 5.97 Å². The third-order valence-corrected chi connectivity index (χ3v) is 3.58. The van der Waals surface area contributed by atoms with E-state index in [2.05, 4.69) is 23.5 Å². The summed E-state index contributed by atoms with van der Waals surface area (Å²) in [5.74, 6) is 5.65. The first-order chi connectivity index (χ1) is 10.6. The smallest absolute Gasteiger partial charge is 0.305 e. The first-order valence-corrected chi connectivity index (χ1v) is 8.51. The van der Waals surface area contributed by atoms with Crippen molar-refractivity contribution in [2.24, 2.45) is 0 Å². The molecule has 0 aromatic heterocycles. The Morgan fingerprint density at radius 2 is 1.73 bits per heavy atom. The molecule has 0 bridgehead atoms. The third-order valence-electron chi connectivity index (χ3n) is 3.58. The minimum Gasteiger partial charge on any atom is -0.469 e. The van der Waals surface area contributed by atoms with Crippen LogP contribution in [0.2, 0.25) is 0 Å². The Hall–Kier alpha value is -1.05. The SMILES string of the molecule is CCCCCC(O)C#CCCCC(O)CCCCC(=O)OC. The van der Waals surface area contributed by atoms with E-state index >= 15 is 0 Å². The van der Waals surface area contributed by atoms with Crippen molar-refractivity contribution in [3.8, 4) is 11.8 Å². The number of carbonyl (C=O) groups excluding carboxylic acids is 1. The number of unbranched alkanes of at least 4 members (excludes halogenated alkanes) is 4. The summed E-state index contributed by atoms with van der Waals surface area (Å²) in [6.45, 7) is 2.14. The van der Waals surface area contributed by atoms with E-state index in [0.717, 1.165) is 51.4 Å². The maximum atomic E-state index is 10.9. The van der Waals surface area contributed by atoms with Gasteiger partial charge in [0.15, 0.2) is 0 Å². The van der Waals surface area contributed by atoms with E-state index in [0.29, 0.717) is 19.3 Å². The molecule has 2 unspecified atom stereocenters. The molecule has 22 heavy (non-hydrogen) atoms. The predicted octanol–water partition coefficient (Wildman–Crippen LogP) is 3.20. The lowest BCUT2D eigenvalue weighted by Crippen LogP contribution is -2.07. The molecule has 0 aromatic rings. The van der Waals surface area contributed by atoms with Crippen molar-refractivity contribution in [3.63, 3.8) is 0 Å². The van der Waals surface area contributed by atoms with Gasteiger partial charge in [0.25, 0.3) is 0 Å². The molecule has 2 atom stereocenters. The second-order valence-corrected chi connectivity index (χ2v) is 5.70.